The van der Waals surface area contributed by atoms with Gasteiger partial charge in [0.1, 0.15) is 0 Å². The highest BCUT2D eigenvalue weighted by atomic mass is 15.1. The van der Waals surface area contributed by atoms with Gasteiger partial charge in [-0.05, 0) is 44.7 Å². The van der Waals surface area contributed by atoms with Crippen LogP contribution in [0.25, 0.3) is 0 Å². The molecule has 0 saturated heterocycles. The highest BCUT2D eigenvalue weighted by molar-refractivity contribution is 5.46. The van der Waals surface area contributed by atoms with E-state index in [2.05, 4.69) is 47.5 Å². The van der Waals surface area contributed by atoms with E-state index in [1.165, 1.54) is 63.7 Å². The van der Waals surface area contributed by atoms with E-state index in [4.69, 9.17) is 0 Å². The molecule has 3 rings (SSSR count). The van der Waals surface area contributed by atoms with Crippen molar-refractivity contribution < 1.29 is 0 Å². The lowest BCUT2D eigenvalue weighted by atomic mass is 9.73. The van der Waals surface area contributed by atoms with Crippen LogP contribution in [0.15, 0.2) is 30.3 Å². The van der Waals surface area contributed by atoms with E-state index in [1.807, 2.05) is 0 Å². The van der Waals surface area contributed by atoms with Gasteiger partial charge >= 0.3 is 0 Å². The van der Waals surface area contributed by atoms with Crippen molar-refractivity contribution in [3.05, 3.63) is 30.3 Å². The molecule has 0 amide bonds. The van der Waals surface area contributed by atoms with Gasteiger partial charge in [-0.1, -0.05) is 37.5 Å². The van der Waals surface area contributed by atoms with E-state index in [9.17, 15) is 0 Å². The molecule has 0 aromatic heterocycles. The van der Waals surface area contributed by atoms with Crippen LogP contribution in [0.1, 0.15) is 51.9 Å². The third-order valence-corrected chi connectivity index (χ3v) is 5.29. The van der Waals surface area contributed by atoms with Crippen LogP contribution in [0.5, 0.6) is 0 Å². The second-order valence-corrected chi connectivity index (χ2v) is 7.07. The van der Waals surface area contributed by atoms with Crippen molar-refractivity contribution in [3.63, 3.8) is 0 Å². The highest BCUT2D eigenvalue weighted by Crippen LogP contribution is 2.38. The minimum atomic E-state index is 0.493. The van der Waals surface area contributed by atoms with E-state index in [0.29, 0.717) is 5.41 Å². The summed E-state index contributed by atoms with van der Waals surface area (Å²) in [5.74, 6) is 0. The van der Waals surface area contributed by atoms with Crippen molar-refractivity contribution >= 4 is 5.69 Å². The maximum Gasteiger partial charge on any atom is 0.0366 e. The average Bonchev–Trinajstić information content (AvgIpc) is 3.37. The first-order valence-corrected chi connectivity index (χ1v) is 8.85. The fourth-order valence-corrected chi connectivity index (χ4v) is 3.77. The van der Waals surface area contributed by atoms with Gasteiger partial charge in [-0.2, -0.15) is 0 Å². The zero-order chi connectivity index (χ0) is 14.5. The largest absolute Gasteiger partial charge is 0.371 e. The van der Waals surface area contributed by atoms with Crippen LogP contribution in [-0.4, -0.2) is 25.7 Å². The molecule has 1 aromatic rings. The summed E-state index contributed by atoms with van der Waals surface area (Å²) in [4.78, 5) is 2.58. The lowest BCUT2D eigenvalue weighted by Crippen LogP contribution is -2.46. The van der Waals surface area contributed by atoms with E-state index in [-0.39, 0.29) is 0 Å². The second kappa shape index (κ2) is 6.83. The summed E-state index contributed by atoms with van der Waals surface area (Å²) in [5, 5.41) is 3.82. The van der Waals surface area contributed by atoms with Gasteiger partial charge in [0.05, 0.1) is 0 Å². The van der Waals surface area contributed by atoms with E-state index >= 15 is 0 Å². The van der Waals surface area contributed by atoms with Gasteiger partial charge in [0.15, 0.2) is 0 Å². The summed E-state index contributed by atoms with van der Waals surface area (Å²) in [6.07, 6.45) is 9.85. The van der Waals surface area contributed by atoms with E-state index < -0.39 is 0 Å². The minimum Gasteiger partial charge on any atom is -0.371 e. The Kier molecular flexibility index (Phi) is 4.84. The molecular formula is C19H30N2. The standard InChI is InChI=1S/C19H30N2/c1-2-21(18-9-5-3-6-10-18)16-19(13-7-4-8-14-19)15-20-17-11-12-17/h3,5-6,9-10,17,20H,2,4,7-8,11-16H2,1H3. The smallest absolute Gasteiger partial charge is 0.0366 e. The number of para-hydroxylation sites is 1. The molecule has 2 aliphatic rings. The number of nitrogens with zero attached hydrogens (tertiary/aromatic N) is 1. The van der Waals surface area contributed by atoms with Crippen LogP contribution in [-0.2, 0) is 0 Å². The normalized spacial score (nSPS) is 21.2. The Labute approximate surface area is 129 Å². The zero-order valence-electron chi connectivity index (χ0n) is 13.5. The first-order chi connectivity index (χ1) is 10.3. The quantitative estimate of drug-likeness (QED) is 0.807. The fourth-order valence-electron chi connectivity index (χ4n) is 3.77. The van der Waals surface area contributed by atoms with Crippen molar-refractivity contribution in [3.8, 4) is 0 Å². The Morgan fingerprint density at radius 1 is 1.10 bits per heavy atom. The molecule has 1 aromatic carbocycles. The van der Waals surface area contributed by atoms with Crippen LogP contribution >= 0.6 is 0 Å². The molecule has 116 valence electrons. The molecule has 2 fully saturated rings. The van der Waals surface area contributed by atoms with Crippen molar-refractivity contribution in [1.82, 2.24) is 5.32 Å². The molecule has 0 atom stereocenters. The molecule has 2 nitrogen and oxygen atoms in total. The number of hydrogen-bond acceptors (Lipinski definition) is 2. The predicted octanol–water partition coefficient (Wildman–Crippen LogP) is 4.22. The maximum absolute atomic E-state index is 3.82. The molecule has 2 saturated carbocycles. The first kappa shape index (κ1) is 14.9. The Morgan fingerprint density at radius 3 is 2.43 bits per heavy atom. The van der Waals surface area contributed by atoms with Gasteiger partial charge in [-0.15, -0.1) is 0 Å². The maximum atomic E-state index is 3.82. The van der Waals surface area contributed by atoms with Gasteiger partial charge in [-0.25, -0.2) is 0 Å². The van der Waals surface area contributed by atoms with Gasteiger partial charge in [0.2, 0.25) is 0 Å². The lowest BCUT2D eigenvalue weighted by molar-refractivity contribution is 0.187. The number of hydrogen-bond donors (Lipinski definition) is 1. The Hall–Kier alpha value is -1.02. The van der Waals surface area contributed by atoms with Crippen LogP contribution in [0.3, 0.4) is 0 Å². The summed E-state index contributed by atoms with van der Waals surface area (Å²) in [7, 11) is 0. The van der Waals surface area contributed by atoms with Crippen molar-refractivity contribution in [2.24, 2.45) is 5.41 Å². The monoisotopic (exact) mass is 286 g/mol. The summed E-state index contributed by atoms with van der Waals surface area (Å²) >= 11 is 0. The van der Waals surface area contributed by atoms with Crippen molar-refractivity contribution in [2.75, 3.05) is 24.5 Å². The predicted molar refractivity (Wildman–Crippen MR) is 90.9 cm³/mol. The molecule has 21 heavy (non-hydrogen) atoms. The van der Waals surface area contributed by atoms with Crippen LogP contribution in [0.2, 0.25) is 0 Å². The Morgan fingerprint density at radius 2 is 1.81 bits per heavy atom. The molecule has 0 bridgehead atoms. The molecular weight excluding hydrogens is 256 g/mol. The third kappa shape index (κ3) is 4.00. The number of nitrogens with one attached hydrogen (secondary N) is 1. The fraction of sp³-hybridized carbons (Fsp3) is 0.684. The topological polar surface area (TPSA) is 15.3 Å². The molecule has 2 aliphatic carbocycles. The summed E-state index contributed by atoms with van der Waals surface area (Å²) in [5.41, 5.74) is 1.88. The molecule has 0 heterocycles. The third-order valence-electron chi connectivity index (χ3n) is 5.29. The van der Waals surface area contributed by atoms with Gasteiger partial charge in [0.25, 0.3) is 0 Å². The van der Waals surface area contributed by atoms with Crippen molar-refractivity contribution in [1.29, 1.82) is 0 Å². The van der Waals surface area contributed by atoms with Gasteiger partial charge in [-0.3, -0.25) is 0 Å². The highest BCUT2D eigenvalue weighted by Gasteiger charge is 2.35. The van der Waals surface area contributed by atoms with Crippen LogP contribution in [0, 0.1) is 5.41 Å². The molecule has 0 unspecified atom stereocenters. The van der Waals surface area contributed by atoms with Crippen LogP contribution in [0.4, 0.5) is 5.69 Å². The van der Waals surface area contributed by atoms with Crippen molar-refractivity contribution in [2.45, 2.75) is 57.9 Å². The molecule has 1 N–H and O–H groups in total. The SMILES string of the molecule is CCN(CC1(CNC2CC2)CCCCC1)c1ccccc1. The number of benzene rings is 1. The molecule has 0 spiro atoms. The van der Waals surface area contributed by atoms with E-state index in [1.54, 1.807) is 0 Å². The molecule has 0 aliphatic heterocycles. The molecule has 2 heteroatoms. The van der Waals surface area contributed by atoms with Crippen LogP contribution < -0.4 is 10.2 Å². The Bertz CT molecular complexity index is 418. The lowest BCUT2D eigenvalue weighted by Gasteiger charge is -2.42. The Balaban J connectivity index is 1.69. The average molecular weight is 286 g/mol. The second-order valence-electron chi connectivity index (χ2n) is 7.07. The minimum absolute atomic E-state index is 0.493. The zero-order valence-corrected chi connectivity index (χ0v) is 13.5. The summed E-state index contributed by atoms with van der Waals surface area (Å²) in [6.45, 7) is 5.83. The van der Waals surface area contributed by atoms with Gasteiger partial charge < -0.3 is 10.2 Å². The summed E-state index contributed by atoms with van der Waals surface area (Å²) < 4.78 is 0. The molecule has 0 radical (unpaired) electrons. The first-order valence-electron chi connectivity index (χ1n) is 8.85. The van der Waals surface area contributed by atoms with Gasteiger partial charge in [0, 0.05) is 36.8 Å². The number of anilines is 1. The van der Waals surface area contributed by atoms with E-state index in [0.717, 1.165) is 12.6 Å². The number of rotatable bonds is 7. The summed E-state index contributed by atoms with van der Waals surface area (Å²) in [6, 6.07) is 11.8.